The summed E-state index contributed by atoms with van der Waals surface area (Å²) in [5.74, 6) is 0.791. The van der Waals surface area contributed by atoms with E-state index in [4.69, 9.17) is 38.4 Å². The van der Waals surface area contributed by atoms with Gasteiger partial charge in [-0.25, -0.2) is 0 Å². The van der Waals surface area contributed by atoms with Crippen molar-refractivity contribution in [3.05, 3.63) is 46.4 Å². The number of benzene rings is 2. The van der Waals surface area contributed by atoms with Crippen LogP contribution in [-0.4, -0.2) is 18.6 Å². The molecule has 7 heteroatoms. The van der Waals surface area contributed by atoms with Gasteiger partial charge in [-0.3, -0.25) is 4.79 Å². The highest BCUT2D eigenvalue weighted by molar-refractivity contribution is 6.39. The van der Waals surface area contributed by atoms with E-state index in [9.17, 15) is 4.79 Å². The lowest BCUT2D eigenvalue weighted by Crippen LogP contribution is -2.40. The van der Waals surface area contributed by atoms with Crippen molar-refractivity contribution in [1.29, 1.82) is 0 Å². The Morgan fingerprint density at radius 3 is 2.50 bits per heavy atom. The van der Waals surface area contributed by atoms with Crippen molar-refractivity contribution in [1.82, 2.24) is 0 Å². The van der Waals surface area contributed by atoms with Crippen molar-refractivity contribution < 1.29 is 14.3 Å². The Morgan fingerprint density at radius 1 is 1.18 bits per heavy atom. The van der Waals surface area contributed by atoms with Gasteiger partial charge in [0.15, 0.2) is 11.5 Å². The lowest BCUT2D eigenvalue weighted by molar-refractivity contribution is -0.125. The molecule has 22 heavy (non-hydrogen) atoms. The van der Waals surface area contributed by atoms with Crippen LogP contribution in [0.15, 0.2) is 36.4 Å². The molecule has 0 saturated heterocycles. The maximum Gasteiger partial charge on any atom is 0.269 e. The van der Waals surface area contributed by atoms with Gasteiger partial charge in [0.2, 0.25) is 6.10 Å². The summed E-state index contributed by atoms with van der Waals surface area (Å²) in [6.07, 6.45) is -0.759. The van der Waals surface area contributed by atoms with Gasteiger partial charge in [-0.1, -0.05) is 35.3 Å². The summed E-state index contributed by atoms with van der Waals surface area (Å²) in [4.78, 5) is 12.3. The second-order valence-electron chi connectivity index (χ2n) is 4.71. The van der Waals surface area contributed by atoms with Gasteiger partial charge in [-0.05, 0) is 24.3 Å². The van der Waals surface area contributed by atoms with Gasteiger partial charge in [-0.2, -0.15) is 0 Å². The number of hydrogen-bond acceptors (Lipinski definition) is 4. The van der Waals surface area contributed by atoms with E-state index in [1.54, 1.807) is 12.1 Å². The maximum atomic E-state index is 12.3. The first-order valence-electron chi connectivity index (χ1n) is 6.48. The average molecular weight is 339 g/mol. The number of para-hydroxylation sites is 2. The van der Waals surface area contributed by atoms with Crippen molar-refractivity contribution in [3.63, 3.8) is 0 Å². The molecule has 2 aromatic carbocycles. The number of carbonyl (C=O) groups is 1. The minimum absolute atomic E-state index is 0.124. The SMILES string of the molecule is Nc1c(Cl)cc(NC(=O)C2COc3ccccc3O2)cc1Cl. The van der Waals surface area contributed by atoms with Gasteiger partial charge in [0.25, 0.3) is 5.91 Å². The van der Waals surface area contributed by atoms with E-state index in [0.29, 0.717) is 17.2 Å². The minimum Gasteiger partial charge on any atom is -0.485 e. The van der Waals surface area contributed by atoms with Crippen LogP contribution < -0.4 is 20.5 Å². The number of ether oxygens (including phenoxy) is 2. The summed E-state index contributed by atoms with van der Waals surface area (Å²) in [7, 11) is 0. The first-order valence-corrected chi connectivity index (χ1v) is 7.24. The van der Waals surface area contributed by atoms with Crippen LogP contribution in [0.5, 0.6) is 11.5 Å². The highest BCUT2D eigenvalue weighted by Gasteiger charge is 2.27. The zero-order valence-electron chi connectivity index (χ0n) is 11.3. The molecular weight excluding hydrogens is 327 g/mol. The summed E-state index contributed by atoms with van der Waals surface area (Å²) in [5.41, 5.74) is 6.37. The van der Waals surface area contributed by atoms with Gasteiger partial charge in [0, 0.05) is 5.69 Å². The van der Waals surface area contributed by atoms with Gasteiger partial charge in [0.1, 0.15) is 6.61 Å². The molecule has 0 fully saturated rings. The van der Waals surface area contributed by atoms with Crippen LogP contribution in [0.3, 0.4) is 0 Å². The van der Waals surface area contributed by atoms with Gasteiger partial charge < -0.3 is 20.5 Å². The third-order valence-electron chi connectivity index (χ3n) is 3.15. The molecule has 1 aliphatic rings. The first-order chi connectivity index (χ1) is 10.5. The van der Waals surface area contributed by atoms with E-state index in [1.165, 1.54) is 12.1 Å². The van der Waals surface area contributed by atoms with E-state index in [-0.39, 0.29) is 28.2 Å². The van der Waals surface area contributed by atoms with Crippen LogP contribution >= 0.6 is 23.2 Å². The van der Waals surface area contributed by atoms with Crippen molar-refractivity contribution in [3.8, 4) is 11.5 Å². The predicted octanol–water partition coefficient (Wildman–Crippen LogP) is 3.35. The fraction of sp³-hybridized carbons (Fsp3) is 0.133. The number of amides is 1. The number of nitrogens with one attached hydrogen (secondary N) is 1. The fourth-order valence-electron chi connectivity index (χ4n) is 2.03. The molecule has 1 aliphatic heterocycles. The van der Waals surface area contributed by atoms with E-state index in [0.717, 1.165) is 0 Å². The topological polar surface area (TPSA) is 73.6 Å². The third-order valence-corrected chi connectivity index (χ3v) is 3.77. The molecule has 1 heterocycles. The number of anilines is 2. The number of nitrogens with two attached hydrogens (primary N) is 1. The minimum atomic E-state index is -0.759. The number of halogens is 2. The standard InChI is InChI=1S/C15H12Cl2N2O3/c16-9-5-8(6-10(17)14(9)18)19-15(20)13-7-21-11-3-1-2-4-12(11)22-13/h1-6,13H,7,18H2,(H,19,20). The molecule has 0 radical (unpaired) electrons. The lowest BCUT2D eigenvalue weighted by Gasteiger charge is -2.25. The predicted molar refractivity (Wildman–Crippen MR) is 85.9 cm³/mol. The van der Waals surface area contributed by atoms with Crippen LogP contribution in [0.1, 0.15) is 0 Å². The second-order valence-corrected chi connectivity index (χ2v) is 5.52. The van der Waals surface area contributed by atoms with E-state index in [2.05, 4.69) is 5.32 Å². The van der Waals surface area contributed by atoms with Gasteiger partial charge in [-0.15, -0.1) is 0 Å². The largest absolute Gasteiger partial charge is 0.485 e. The van der Waals surface area contributed by atoms with Gasteiger partial charge >= 0.3 is 0 Å². The molecule has 5 nitrogen and oxygen atoms in total. The summed E-state index contributed by atoms with van der Waals surface area (Å²) in [5, 5.41) is 3.23. The molecule has 0 aromatic heterocycles. The molecule has 3 N–H and O–H groups in total. The monoisotopic (exact) mass is 338 g/mol. The van der Waals surface area contributed by atoms with Crippen LogP contribution in [0.2, 0.25) is 10.0 Å². The fourth-order valence-corrected chi connectivity index (χ4v) is 2.52. The number of fused-ring (bicyclic) bond motifs is 1. The van der Waals surface area contributed by atoms with Crippen LogP contribution in [-0.2, 0) is 4.79 Å². The Morgan fingerprint density at radius 2 is 1.82 bits per heavy atom. The molecule has 0 bridgehead atoms. The molecule has 2 aromatic rings. The van der Waals surface area contributed by atoms with E-state index in [1.807, 2.05) is 12.1 Å². The number of nitrogen functional groups attached to an aromatic ring is 1. The molecular formula is C15H12Cl2N2O3. The van der Waals surface area contributed by atoms with Crippen LogP contribution in [0.25, 0.3) is 0 Å². The molecule has 1 atom stereocenters. The summed E-state index contributed by atoms with van der Waals surface area (Å²) in [6.45, 7) is 0.124. The van der Waals surface area contributed by atoms with Crippen molar-refractivity contribution in [2.75, 3.05) is 17.7 Å². The molecule has 114 valence electrons. The van der Waals surface area contributed by atoms with Crippen molar-refractivity contribution in [2.45, 2.75) is 6.10 Å². The molecule has 1 unspecified atom stereocenters. The smallest absolute Gasteiger partial charge is 0.269 e. The Labute approximate surface area is 136 Å². The molecule has 0 spiro atoms. The lowest BCUT2D eigenvalue weighted by atomic mass is 10.2. The zero-order valence-corrected chi connectivity index (χ0v) is 12.8. The van der Waals surface area contributed by atoms with Gasteiger partial charge in [0.05, 0.1) is 15.7 Å². The molecule has 1 amide bonds. The number of rotatable bonds is 2. The van der Waals surface area contributed by atoms with Crippen LogP contribution in [0, 0.1) is 0 Å². The average Bonchev–Trinajstić information content (AvgIpc) is 2.52. The quantitative estimate of drug-likeness (QED) is 0.823. The van der Waals surface area contributed by atoms with Crippen molar-refractivity contribution in [2.24, 2.45) is 0 Å². The molecule has 3 rings (SSSR count). The normalized spacial score (nSPS) is 16.2. The van der Waals surface area contributed by atoms with E-state index < -0.39 is 6.10 Å². The second kappa shape index (κ2) is 5.94. The Hall–Kier alpha value is -2.11. The number of carbonyl (C=O) groups excluding carboxylic acids is 1. The maximum absolute atomic E-state index is 12.3. The summed E-state index contributed by atoms with van der Waals surface area (Å²) >= 11 is 11.9. The number of hydrogen-bond donors (Lipinski definition) is 2. The summed E-state index contributed by atoms with van der Waals surface area (Å²) < 4.78 is 11.1. The first kappa shape index (κ1) is 14.8. The Balaban J connectivity index is 1.73. The highest BCUT2D eigenvalue weighted by Crippen LogP contribution is 2.33. The molecule has 0 saturated carbocycles. The molecule has 0 aliphatic carbocycles. The highest BCUT2D eigenvalue weighted by atomic mass is 35.5. The van der Waals surface area contributed by atoms with E-state index >= 15 is 0 Å². The van der Waals surface area contributed by atoms with Crippen molar-refractivity contribution >= 4 is 40.5 Å². The van der Waals surface area contributed by atoms with Crippen LogP contribution in [0.4, 0.5) is 11.4 Å². The summed E-state index contributed by atoms with van der Waals surface area (Å²) in [6, 6.07) is 10.2. The zero-order chi connectivity index (χ0) is 15.7. The Kier molecular flexibility index (Phi) is 4.00. The third kappa shape index (κ3) is 2.91. The Bertz CT molecular complexity index is 713.